The van der Waals surface area contributed by atoms with Crippen molar-refractivity contribution >= 4 is 12.4 Å². The van der Waals surface area contributed by atoms with E-state index in [0.29, 0.717) is 12.5 Å². The second kappa shape index (κ2) is 7.17. The number of hydrogen-bond acceptors (Lipinski definition) is 2. The molecule has 0 aliphatic heterocycles. The molecule has 0 aliphatic rings. The van der Waals surface area contributed by atoms with Gasteiger partial charge in [0.2, 0.25) is 0 Å². The number of hydrogen-bond donors (Lipinski definition) is 1. The summed E-state index contributed by atoms with van der Waals surface area (Å²) in [7, 11) is 0. The molecule has 2 N–H and O–H groups in total. The van der Waals surface area contributed by atoms with E-state index in [1.165, 1.54) is 5.56 Å². The normalized spacial score (nSPS) is 10.1. The van der Waals surface area contributed by atoms with Crippen LogP contribution in [-0.2, 0) is 6.54 Å². The van der Waals surface area contributed by atoms with Gasteiger partial charge in [0.15, 0.2) is 0 Å². The zero-order valence-electron chi connectivity index (χ0n) is 11.3. The van der Waals surface area contributed by atoms with E-state index < -0.39 is 0 Å². The van der Waals surface area contributed by atoms with Crippen LogP contribution in [0.4, 0.5) is 0 Å². The summed E-state index contributed by atoms with van der Waals surface area (Å²) in [5, 5.41) is 0. The van der Waals surface area contributed by atoms with Crippen LogP contribution in [0.5, 0.6) is 11.5 Å². The van der Waals surface area contributed by atoms with Gasteiger partial charge in [-0.2, -0.15) is 0 Å². The lowest BCUT2D eigenvalue weighted by atomic mass is 10.0. The summed E-state index contributed by atoms with van der Waals surface area (Å²) in [6.45, 7) is 4.92. The minimum atomic E-state index is 0. The molecule has 0 saturated heterocycles. The predicted octanol–water partition coefficient (Wildman–Crippen LogP) is 4.48. The van der Waals surface area contributed by atoms with Crippen LogP contribution in [0.2, 0.25) is 0 Å². The molecule has 19 heavy (non-hydrogen) atoms. The first-order chi connectivity index (χ1) is 8.69. The molecule has 0 amide bonds. The van der Waals surface area contributed by atoms with E-state index in [4.69, 9.17) is 10.5 Å². The largest absolute Gasteiger partial charge is 0.457 e. The maximum Gasteiger partial charge on any atom is 0.127 e. The fraction of sp³-hybridized carbons (Fsp3) is 0.250. The first-order valence-electron chi connectivity index (χ1n) is 6.26. The number of benzene rings is 2. The Morgan fingerprint density at radius 3 is 1.79 bits per heavy atom. The quantitative estimate of drug-likeness (QED) is 0.894. The van der Waals surface area contributed by atoms with Crippen LogP contribution in [0.15, 0.2) is 48.5 Å². The van der Waals surface area contributed by atoms with Gasteiger partial charge in [0.1, 0.15) is 11.5 Å². The molecular formula is C16H20ClNO. The maximum atomic E-state index is 5.77. The highest BCUT2D eigenvalue weighted by Gasteiger charge is 2.00. The van der Waals surface area contributed by atoms with E-state index in [0.717, 1.165) is 17.1 Å². The Kier molecular flexibility index (Phi) is 5.87. The molecule has 0 aromatic heterocycles. The molecule has 2 aromatic carbocycles. The van der Waals surface area contributed by atoms with Crippen LogP contribution in [0.1, 0.15) is 30.9 Å². The zero-order chi connectivity index (χ0) is 13.0. The second-order valence-corrected chi connectivity index (χ2v) is 4.67. The molecule has 3 heteroatoms. The van der Waals surface area contributed by atoms with Gasteiger partial charge in [-0.15, -0.1) is 12.4 Å². The molecule has 2 nitrogen and oxygen atoms in total. The van der Waals surface area contributed by atoms with Crippen molar-refractivity contribution in [2.45, 2.75) is 26.3 Å². The number of nitrogens with two attached hydrogens (primary N) is 1. The van der Waals surface area contributed by atoms with Gasteiger partial charge in [0, 0.05) is 6.54 Å². The summed E-state index contributed by atoms with van der Waals surface area (Å²) in [5.74, 6) is 2.24. The third-order valence-electron chi connectivity index (χ3n) is 2.94. The highest BCUT2D eigenvalue weighted by Crippen LogP contribution is 2.24. The van der Waals surface area contributed by atoms with Gasteiger partial charge in [0.25, 0.3) is 0 Å². The summed E-state index contributed by atoms with van der Waals surface area (Å²) in [6.07, 6.45) is 0. The molecule has 0 fully saturated rings. The smallest absolute Gasteiger partial charge is 0.127 e. The Hall–Kier alpha value is -1.51. The Morgan fingerprint density at radius 2 is 1.37 bits per heavy atom. The van der Waals surface area contributed by atoms with Crippen molar-refractivity contribution in [3.8, 4) is 11.5 Å². The summed E-state index contributed by atoms with van der Waals surface area (Å²) < 4.78 is 5.77. The minimum absolute atomic E-state index is 0. The van der Waals surface area contributed by atoms with Crippen molar-refractivity contribution in [1.82, 2.24) is 0 Å². The summed E-state index contributed by atoms with van der Waals surface area (Å²) in [4.78, 5) is 0. The minimum Gasteiger partial charge on any atom is -0.457 e. The van der Waals surface area contributed by atoms with Crippen LogP contribution in [0, 0.1) is 0 Å². The molecule has 102 valence electrons. The van der Waals surface area contributed by atoms with Gasteiger partial charge in [-0.3, -0.25) is 0 Å². The van der Waals surface area contributed by atoms with Crippen molar-refractivity contribution in [1.29, 1.82) is 0 Å². The van der Waals surface area contributed by atoms with Crippen molar-refractivity contribution in [2.24, 2.45) is 5.73 Å². The van der Waals surface area contributed by atoms with Gasteiger partial charge >= 0.3 is 0 Å². The Labute approximate surface area is 121 Å². The van der Waals surface area contributed by atoms with Crippen molar-refractivity contribution in [2.75, 3.05) is 0 Å². The first kappa shape index (κ1) is 15.5. The summed E-state index contributed by atoms with van der Waals surface area (Å²) in [5.41, 5.74) is 7.99. The highest BCUT2D eigenvalue weighted by atomic mass is 35.5. The van der Waals surface area contributed by atoms with Crippen molar-refractivity contribution in [3.05, 3.63) is 59.7 Å². The van der Waals surface area contributed by atoms with Gasteiger partial charge < -0.3 is 10.5 Å². The monoisotopic (exact) mass is 277 g/mol. The fourth-order valence-electron chi connectivity index (χ4n) is 1.75. The van der Waals surface area contributed by atoms with Crippen LogP contribution < -0.4 is 10.5 Å². The third kappa shape index (κ3) is 4.27. The summed E-state index contributed by atoms with van der Waals surface area (Å²) >= 11 is 0. The fourth-order valence-corrected chi connectivity index (χ4v) is 1.75. The maximum absolute atomic E-state index is 5.77. The van der Waals surface area contributed by atoms with E-state index in [2.05, 4.69) is 26.0 Å². The zero-order valence-corrected chi connectivity index (χ0v) is 12.1. The standard InChI is InChI=1S/C16H19NO.ClH/c1-12(2)14-5-9-16(10-6-14)18-15-7-3-13(11-17)4-8-15;/h3-10,12H,11,17H2,1-2H3;1H. The molecule has 0 radical (unpaired) electrons. The van der Waals surface area contributed by atoms with Crippen molar-refractivity contribution < 1.29 is 4.74 Å². The topological polar surface area (TPSA) is 35.2 Å². The molecule has 0 unspecified atom stereocenters. The Bertz CT molecular complexity index is 491. The molecule has 2 rings (SSSR count). The molecule has 0 atom stereocenters. The lowest BCUT2D eigenvalue weighted by Gasteiger charge is -2.09. The van der Waals surface area contributed by atoms with Crippen molar-refractivity contribution in [3.63, 3.8) is 0 Å². The van der Waals surface area contributed by atoms with Gasteiger partial charge in [-0.05, 0) is 41.3 Å². The number of ether oxygens (including phenoxy) is 1. The molecule has 0 aliphatic carbocycles. The van der Waals surface area contributed by atoms with Gasteiger partial charge in [0.05, 0.1) is 0 Å². The third-order valence-corrected chi connectivity index (χ3v) is 2.94. The molecule has 2 aromatic rings. The van der Waals surface area contributed by atoms with E-state index in [-0.39, 0.29) is 12.4 Å². The number of halogens is 1. The van der Waals surface area contributed by atoms with Crippen LogP contribution >= 0.6 is 12.4 Å². The molecule has 0 heterocycles. The second-order valence-electron chi connectivity index (χ2n) is 4.67. The first-order valence-corrected chi connectivity index (χ1v) is 6.26. The predicted molar refractivity (Wildman–Crippen MR) is 82.2 cm³/mol. The highest BCUT2D eigenvalue weighted by molar-refractivity contribution is 5.85. The van der Waals surface area contributed by atoms with Crippen LogP contribution in [0.3, 0.4) is 0 Å². The molecule has 0 saturated carbocycles. The van der Waals surface area contributed by atoms with Gasteiger partial charge in [-0.25, -0.2) is 0 Å². The average Bonchev–Trinajstić information content (AvgIpc) is 2.40. The Balaban J connectivity index is 0.00000180. The van der Waals surface area contributed by atoms with E-state index in [1.807, 2.05) is 36.4 Å². The lowest BCUT2D eigenvalue weighted by molar-refractivity contribution is 0.482. The number of rotatable bonds is 4. The average molecular weight is 278 g/mol. The SMILES string of the molecule is CC(C)c1ccc(Oc2ccc(CN)cc2)cc1.Cl. The molecule has 0 spiro atoms. The summed E-state index contributed by atoms with van der Waals surface area (Å²) in [6, 6.07) is 16.1. The van der Waals surface area contributed by atoms with E-state index in [1.54, 1.807) is 0 Å². The molecule has 0 bridgehead atoms. The van der Waals surface area contributed by atoms with E-state index >= 15 is 0 Å². The van der Waals surface area contributed by atoms with Crippen LogP contribution in [0.25, 0.3) is 0 Å². The molecular weight excluding hydrogens is 258 g/mol. The van der Waals surface area contributed by atoms with Crippen LogP contribution in [-0.4, -0.2) is 0 Å². The van der Waals surface area contributed by atoms with E-state index in [9.17, 15) is 0 Å². The Morgan fingerprint density at radius 1 is 0.895 bits per heavy atom. The van der Waals surface area contributed by atoms with Gasteiger partial charge in [-0.1, -0.05) is 38.1 Å². The lowest BCUT2D eigenvalue weighted by Crippen LogP contribution is -1.95.